The zero-order chi connectivity index (χ0) is 17.1. The number of hydrogen-bond donors (Lipinski definition) is 0. The van der Waals surface area contributed by atoms with Crippen LogP contribution in [0.1, 0.15) is 41.0 Å². The van der Waals surface area contributed by atoms with E-state index in [1.54, 1.807) is 0 Å². The molecule has 4 atom stereocenters. The average molecular weight is 335 g/mol. The summed E-state index contributed by atoms with van der Waals surface area (Å²) < 4.78 is 1.92. The highest BCUT2D eigenvalue weighted by atomic mass is 16.2. The lowest BCUT2D eigenvalue weighted by Crippen LogP contribution is -2.30. The van der Waals surface area contributed by atoms with E-state index in [1.165, 1.54) is 19.3 Å². The van der Waals surface area contributed by atoms with Crippen molar-refractivity contribution in [3.8, 4) is 5.69 Å². The van der Waals surface area contributed by atoms with E-state index >= 15 is 0 Å². The highest BCUT2D eigenvalue weighted by Gasteiger charge is 2.52. The number of nitrogens with zero attached hydrogens (tertiary/aromatic N) is 3. The second kappa shape index (κ2) is 5.45. The summed E-state index contributed by atoms with van der Waals surface area (Å²) in [5.41, 5.74) is 3.85. The number of amides is 1. The molecule has 4 nitrogen and oxygen atoms in total. The van der Waals surface area contributed by atoms with E-state index in [1.807, 2.05) is 42.8 Å². The Labute approximate surface area is 148 Å². The SMILES string of the molecule is Cc1cc(C)n(-c2cccc(C(=O)N3C[C@@H]4[C@@H]5CC[C@@H](C5)[C@@H]4C3)c2)n1. The lowest BCUT2D eigenvalue weighted by atomic mass is 9.82. The lowest BCUT2D eigenvalue weighted by Gasteiger charge is -2.22. The van der Waals surface area contributed by atoms with E-state index in [9.17, 15) is 4.79 Å². The van der Waals surface area contributed by atoms with Gasteiger partial charge in [-0.05, 0) is 81.0 Å². The zero-order valence-electron chi connectivity index (χ0n) is 15.0. The smallest absolute Gasteiger partial charge is 0.253 e. The molecule has 0 radical (unpaired) electrons. The summed E-state index contributed by atoms with van der Waals surface area (Å²) in [5, 5.41) is 4.54. The number of carbonyl (C=O) groups excluding carboxylic acids is 1. The van der Waals surface area contributed by atoms with Crippen LogP contribution in [0.2, 0.25) is 0 Å². The first-order valence-corrected chi connectivity index (χ1v) is 9.53. The highest BCUT2D eigenvalue weighted by Crippen LogP contribution is 2.55. The van der Waals surface area contributed by atoms with Gasteiger partial charge in [0, 0.05) is 24.3 Å². The molecule has 1 saturated heterocycles. The maximum Gasteiger partial charge on any atom is 0.253 e. The van der Waals surface area contributed by atoms with Gasteiger partial charge in [0.2, 0.25) is 0 Å². The Bertz CT molecular complexity index is 821. The Kier molecular flexibility index (Phi) is 3.31. The first-order valence-electron chi connectivity index (χ1n) is 9.53. The van der Waals surface area contributed by atoms with Gasteiger partial charge in [-0.1, -0.05) is 6.07 Å². The number of benzene rings is 1. The number of rotatable bonds is 2. The molecule has 2 aromatic rings. The Balaban J connectivity index is 1.40. The van der Waals surface area contributed by atoms with Crippen molar-refractivity contribution in [1.82, 2.24) is 14.7 Å². The maximum atomic E-state index is 13.1. The molecule has 5 rings (SSSR count). The van der Waals surface area contributed by atoms with Crippen LogP contribution in [0.3, 0.4) is 0 Å². The summed E-state index contributed by atoms with van der Waals surface area (Å²) in [6.07, 6.45) is 4.20. The molecule has 2 heterocycles. The fourth-order valence-electron chi connectivity index (χ4n) is 5.69. The molecular formula is C21H25N3O. The first kappa shape index (κ1) is 15.2. The van der Waals surface area contributed by atoms with Gasteiger partial charge < -0.3 is 4.90 Å². The molecule has 25 heavy (non-hydrogen) atoms. The van der Waals surface area contributed by atoms with Crippen LogP contribution in [-0.2, 0) is 0 Å². The molecule has 130 valence electrons. The van der Waals surface area contributed by atoms with Crippen molar-refractivity contribution in [1.29, 1.82) is 0 Å². The molecule has 1 aromatic heterocycles. The Morgan fingerprint density at radius 1 is 1.08 bits per heavy atom. The summed E-state index contributed by atoms with van der Waals surface area (Å²) in [6.45, 7) is 5.98. The van der Waals surface area contributed by atoms with Gasteiger partial charge in [0.1, 0.15) is 0 Å². The molecule has 2 bridgehead atoms. The lowest BCUT2D eigenvalue weighted by molar-refractivity contribution is 0.0776. The molecular weight excluding hydrogens is 310 g/mol. The van der Waals surface area contributed by atoms with Gasteiger partial charge in [-0.2, -0.15) is 5.10 Å². The Hall–Kier alpha value is -2.10. The van der Waals surface area contributed by atoms with Gasteiger partial charge in [-0.3, -0.25) is 4.79 Å². The maximum absolute atomic E-state index is 13.1. The summed E-state index contributed by atoms with van der Waals surface area (Å²) in [5.74, 6) is 3.49. The quantitative estimate of drug-likeness (QED) is 0.841. The molecule has 0 N–H and O–H groups in total. The van der Waals surface area contributed by atoms with Gasteiger partial charge in [0.05, 0.1) is 11.4 Å². The molecule has 1 aromatic carbocycles. The van der Waals surface area contributed by atoms with Crippen LogP contribution in [-0.4, -0.2) is 33.7 Å². The van der Waals surface area contributed by atoms with Crippen LogP contribution in [0.5, 0.6) is 0 Å². The van der Waals surface area contributed by atoms with Crippen molar-refractivity contribution in [2.45, 2.75) is 33.1 Å². The van der Waals surface area contributed by atoms with Crippen molar-refractivity contribution < 1.29 is 4.79 Å². The van der Waals surface area contributed by atoms with Crippen LogP contribution in [0.15, 0.2) is 30.3 Å². The number of hydrogen-bond acceptors (Lipinski definition) is 2. The minimum atomic E-state index is 0.192. The second-order valence-corrected chi connectivity index (χ2v) is 8.26. The van der Waals surface area contributed by atoms with Crippen molar-refractivity contribution >= 4 is 5.91 Å². The van der Waals surface area contributed by atoms with Crippen LogP contribution < -0.4 is 0 Å². The number of fused-ring (bicyclic) bond motifs is 5. The number of likely N-dealkylation sites (tertiary alicyclic amines) is 1. The fraction of sp³-hybridized carbons (Fsp3) is 0.524. The van der Waals surface area contributed by atoms with E-state index < -0.39 is 0 Å². The third-order valence-corrected chi connectivity index (χ3v) is 6.77. The fourth-order valence-corrected chi connectivity index (χ4v) is 5.69. The molecule has 2 saturated carbocycles. The Morgan fingerprint density at radius 2 is 1.80 bits per heavy atom. The molecule has 2 aliphatic carbocycles. The molecule has 1 amide bonds. The van der Waals surface area contributed by atoms with E-state index in [-0.39, 0.29) is 5.91 Å². The molecule has 0 spiro atoms. The molecule has 3 aliphatic rings. The van der Waals surface area contributed by atoms with Gasteiger partial charge in [0.25, 0.3) is 5.91 Å². The summed E-state index contributed by atoms with van der Waals surface area (Å²) in [7, 11) is 0. The van der Waals surface area contributed by atoms with Crippen LogP contribution in [0.4, 0.5) is 0 Å². The van der Waals surface area contributed by atoms with Crippen molar-refractivity contribution in [2.75, 3.05) is 13.1 Å². The molecule has 1 aliphatic heterocycles. The minimum absolute atomic E-state index is 0.192. The van der Waals surface area contributed by atoms with Crippen LogP contribution in [0, 0.1) is 37.5 Å². The average Bonchev–Trinajstić information content (AvgIpc) is 3.35. The van der Waals surface area contributed by atoms with Gasteiger partial charge in [-0.15, -0.1) is 0 Å². The minimum Gasteiger partial charge on any atom is -0.338 e. The van der Waals surface area contributed by atoms with Gasteiger partial charge in [0.15, 0.2) is 0 Å². The monoisotopic (exact) mass is 335 g/mol. The van der Waals surface area contributed by atoms with Gasteiger partial charge in [-0.25, -0.2) is 4.68 Å². The third-order valence-electron chi connectivity index (χ3n) is 6.77. The highest BCUT2D eigenvalue weighted by molar-refractivity contribution is 5.95. The third kappa shape index (κ3) is 2.34. The summed E-state index contributed by atoms with van der Waals surface area (Å²) >= 11 is 0. The number of aromatic nitrogens is 2. The summed E-state index contributed by atoms with van der Waals surface area (Å²) in [6, 6.07) is 9.99. The van der Waals surface area contributed by atoms with Crippen LogP contribution in [0.25, 0.3) is 5.69 Å². The number of aryl methyl sites for hydroxylation is 2. The zero-order valence-corrected chi connectivity index (χ0v) is 15.0. The van der Waals surface area contributed by atoms with E-state index in [4.69, 9.17) is 0 Å². The second-order valence-electron chi connectivity index (χ2n) is 8.26. The Morgan fingerprint density at radius 3 is 2.44 bits per heavy atom. The summed E-state index contributed by atoms with van der Waals surface area (Å²) in [4.78, 5) is 15.2. The first-order chi connectivity index (χ1) is 12.1. The van der Waals surface area contributed by atoms with Crippen LogP contribution >= 0.6 is 0 Å². The number of carbonyl (C=O) groups is 1. The van der Waals surface area contributed by atoms with E-state index in [0.29, 0.717) is 0 Å². The molecule has 3 fully saturated rings. The van der Waals surface area contributed by atoms with E-state index in [0.717, 1.165) is 59.4 Å². The largest absolute Gasteiger partial charge is 0.338 e. The molecule has 0 unspecified atom stereocenters. The molecule has 4 heteroatoms. The van der Waals surface area contributed by atoms with Crippen molar-refractivity contribution in [3.05, 3.63) is 47.3 Å². The van der Waals surface area contributed by atoms with E-state index in [2.05, 4.69) is 16.1 Å². The predicted octanol–water partition coefficient (Wildman–Crippen LogP) is 3.61. The van der Waals surface area contributed by atoms with Gasteiger partial charge >= 0.3 is 0 Å². The normalized spacial score (nSPS) is 30.1. The van der Waals surface area contributed by atoms with Crippen molar-refractivity contribution in [3.63, 3.8) is 0 Å². The van der Waals surface area contributed by atoms with Crippen molar-refractivity contribution in [2.24, 2.45) is 23.7 Å². The predicted molar refractivity (Wildman–Crippen MR) is 96.8 cm³/mol. The standard InChI is InChI=1S/C21H25N3O/c1-13-8-14(2)24(22-13)18-5-3-4-17(10-18)21(25)23-11-19-15-6-7-16(9-15)20(19)12-23/h3-5,8,10,15-16,19-20H,6-7,9,11-12H2,1-2H3/t15-,16+,19-,20+. The topological polar surface area (TPSA) is 38.1 Å².